The minimum absolute atomic E-state index is 1.06. The summed E-state index contributed by atoms with van der Waals surface area (Å²) in [5.41, 5.74) is 2.66. The number of hydrogen-bond donors (Lipinski definition) is 2. The van der Waals surface area contributed by atoms with E-state index in [4.69, 9.17) is 0 Å². The highest BCUT2D eigenvalue weighted by Gasteiger charge is 2.11. The van der Waals surface area contributed by atoms with Crippen LogP contribution in [0.5, 0.6) is 0 Å². The summed E-state index contributed by atoms with van der Waals surface area (Å²) in [6, 6.07) is 8.54. The van der Waals surface area contributed by atoms with Gasteiger partial charge in [-0.2, -0.15) is 0 Å². The first-order chi connectivity index (χ1) is 8.43. The first kappa shape index (κ1) is 10.8. The zero-order valence-corrected chi connectivity index (χ0v) is 10.1. The first-order valence-electron chi connectivity index (χ1n) is 6.41. The third kappa shape index (κ3) is 2.35. The van der Waals surface area contributed by atoms with Crippen LogP contribution in [-0.4, -0.2) is 36.1 Å². The Balaban J connectivity index is 1.79. The molecule has 3 heteroatoms. The number of rotatable bonds is 2. The van der Waals surface area contributed by atoms with Crippen molar-refractivity contribution in [2.75, 3.05) is 26.2 Å². The van der Waals surface area contributed by atoms with E-state index < -0.39 is 0 Å². The van der Waals surface area contributed by atoms with Crippen molar-refractivity contribution < 1.29 is 0 Å². The fourth-order valence-electron chi connectivity index (χ4n) is 2.56. The molecule has 2 heterocycles. The van der Waals surface area contributed by atoms with Gasteiger partial charge in [-0.3, -0.25) is 4.90 Å². The predicted octanol–water partition coefficient (Wildman–Crippen LogP) is 1.96. The van der Waals surface area contributed by atoms with Gasteiger partial charge in [-0.05, 0) is 31.1 Å². The van der Waals surface area contributed by atoms with Gasteiger partial charge in [0.1, 0.15) is 0 Å². The van der Waals surface area contributed by atoms with Crippen molar-refractivity contribution >= 4 is 10.9 Å². The molecule has 3 nitrogen and oxygen atoms in total. The molecule has 0 spiro atoms. The van der Waals surface area contributed by atoms with E-state index in [1.54, 1.807) is 0 Å². The summed E-state index contributed by atoms with van der Waals surface area (Å²) in [5, 5.41) is 4.81. The van der Waals surface area contributed by atoms with Crippen molar-refractivity contribution in [3.05, 3.63) is 36.0 Å². The van der Waals surface area contributed by atoms with Gasteiger partial charge < -0.3 is 10.3 Å². The maximum absolute atomic E-state index is 3.44. The van der Waals surface area contributed by atoms with E-state index in [1.807, 2.05) is 0 Å². The summed E-state index contributed by atoms with van der Waals surface area (Å²) >= 11 is 0. The van der Waals surface area contributed by atoms with Crippen LogP contribution in [0.4, 0.5) is 0 Å². The first-order valence-corrected chi connectivity index (χ1v) is 6.41. The van der Waals surface area contributed by atoms with Crippen LogP contribution in [0.3, 0.4) is 0 Å². The third-order valence-corrected chi connectivity index (χ3v) is 3.50. The van der Waals surface area contributed by atoms with Crippen LogP contribution in [0.1, 0.15) is 12.0 Å². The summed E-state index contributed by atoms with van der Waals surface area (Å²) in [4.78, 5) is 5.89. The van der Waals surface area contributed by atoms with Crippen LogP contribution < -0.4 is 5.32 Å². The Morgan fingerprint density at radius 1 is 1.12 bits per heavy atom. The number of nitrogens with one attached hydrogen (secondary N) is 2. The zero-order valence-electron chi connectivity index (χ0n) is 10.1. The maximum atomic E-state index is 3.44. The summed E-state index contributed by atoms with van der Waals surface area (Å²) in [6.07, 6.45) is 3.41. The summed E-state index contributed by atoms with van der Waals surface area (Å²) in [6.45, 7) is 5.68. The summed E-state index contributed by atoms with van der Waals surface area (Å²) in [5.74, 6) is 0. The van der Waals surface area contributed by atoms with E-state index >= 15 is 0 Å². The van der Waals surface area contributed by atoms with Crippen molar-refractivity contribution in [1.82, 2.24) is 15.2 Å². The Morgan fingerprint density at radius 2 is 2.06 bits per heavy atom. The molecule has 17 heavy (non-hydrogen) atoms. The molecule has 2 N–H and O–H groups in total. The van der Waals surface area contributed by atoms with Gasteiger partial charge in [0.15, 0.2) is 0 Å². The van der Waals surface area contributed by atoms with E-state index in [2.05, 4.69) is 45.7 Å². The highest BCUT2D eigenvalue weighted by Crippen LogP contribution is 2.19. The highest BCUT2D eigenvalue weighted by molar-refractivity contribution is 5.82. The number of nitrogens with zero attached hydrogens (tertiary/aromatic N) is 1. The van der Waals surface area contributed by atoms with Crippen LogP contribution in [0.2, 0.25) is 0 Å². The fraction of sp³-hybridized carbons (Fsp3) is 0.429. The van der Waals surface area contributed by atoms with Gasteiger partial charge >= 0.3 is 0 Å². The quantitative estimate of drug-likeness (QED) is 0.825. The number of H-pyrrole nitrogens is 1. The highest BCUT2D eigenvalue weighted by atomic mass is 15.1. The van der Waals surface area contributed by atoms with Crippen LogP contribution in [0, 0.1) is 0 Å². The van der Waals surface area contributed by atoms with Crippen molar-refractivity contribution in [2.24, 2.45) is 0 Å². The fourth-order valence-corrected chi connectivity index (χ4v) is 2.56. The Hall–Kier alpha value is -1.32. The van der Waals surface area contributed by atoms with Crippen molar-refractivity contribution in [2.45, 2.75) is 13.0 Å². The molecule has 3 rings (SSSR count). The third-order valence-electron chi connectivity index (χ3n) is 3.50. The number of hydrogen-bond acceptors (Lipinski definition) is 2. The minimum atomic E-state index is 1.06. The molecule has 0 aliphatic carbocycles. The molecule has 0 atom stereocenters. The molecule has 0 bridgehead atoms. The molecule has 1 aliphatic rings. The normalized spacial score (nSPS) is 18.4. The van der Waals surface area contributed by atoms with Crippen molar-refractivity contribution in [3.8, 4) is 0 Å². The van der Waals surface area contributed by atoms with E-state index in [0.717, 1.165) is 26.2 Å². The van der Waals surface area contributed by atoms with Crippen LogP contribution in [-0.2, 0) is 6.54 Å². The lowest BCUT2D eigenvalue weighted by molar-refractivity contribution is 0.285. The smallest absolute Gasteiger partial charge is 0.0457 e. The topological polar surface area (TPSA) is 31.1 Å². The Kier molecular flexibility index (Phi) is 3.12. The van der Waals surface area contributed by atoms with E-state index in [0.29, 0.717) is 0 Å². The lowest BCUT2D eigenvalue weighted by Gasteiger charge is -2.18. The number of aromatic nitrogens is 1. The summed E-state index contributed by atoms with van der Waals surface area (Å²) < 4.78 is 0. The number of aromatic amines is 1. The average molecular weight is 229 g/mol. The summed E-state index contributed by atoms with van der Waals surface area (Å²) in [7, 11) is 0. The van der Waals surface area contributed by atoms with Gasteiger partial charge in [-0.15, -0.1) is 0 Å². The lowest BCUT2D eigenvalue weighted by atomic mass is 10.1. The van der Waals surface area contributed by atoms with Gasteiger partial charge in [0.25, 0.3) is 0 Å². The van der Waals surface area contributed by atoms with Gasteiger partial charge in [-0.1, -0.05) is 18.2 Å². The van der Waals surface area contributed by atoms with Gasteiger partial charge in [0.05, 0.1) is 0 Å². The second-order valence-corrected chi connectivity index (χ2v) is 4.74. The van der Waals surface area contributed by atoms with Crippen LogP contribution in [0.25, 0.3) is 10.9 Å². The molecular weight excluding hydrogens is 210 g/mol. The Labute approximate surface area is 102 Å². The standard InChI is InChI=1S/C14H19N3/c1-2-5-14-13(4-1)12(10-16-14)11-17-8-3-6-15-7-9-17/h1-2,4-5,10,15-16H,3,6-9,11H2. The van der Waals surface area contributed by atoms with Gasteiger partial charge in [-0.25, -0.2) is 0 Å². The molecule has 90 valence electrons. The average Bonchev–Trinajstić information content (AvgIpc) is 2.59. The van der Waals surface area contributed by atoms with E-state index in [1.165, 1.54) is 29.4 Å². The Morgan fingerprint density at radius 3 is 3.06 bits per heavy atom. The monoisotopic (exact) mass is 229 g/mol. The van der Waals surface area contributed by atoms with E-state index in [9.17, 15) is 0 Å². The largest absolute Gasteiger partial charge is 0.361 e. The van der Waals surface area contributed by atoms with Crippen molar-refractivity contribution in [1.29, 1.82) is 0 Å². The number of fused-ring (bicyclic) bond motifs is 1. The lowest BCUT2D eigenvalue weighted by Crippen LogP contribution is -2.27. The molecule has 1 aliphatic heterocycles. The SMILES string of the molecule is c1ccc2c(CN3CCCNCC3)c[nH]c2c1. The zero-order chi connectivity index (χ0) is 11.5. The minimum Gasteiger partial charge on any atom is -0.361 e. The molecule has 0 radical (unpaired) electrons. The van der Waals surface area contributed by atoms with Crippen LogP contribution >= 0.6 is 0 Å². The molecule has 1 aromatic carbocycles. The van der Waals surface area contributed by atoms with Crippen LogP contribution in [0.15, 0.2) is 30.5 Å². The molecule has 2 aromatic rings. The second kappa shape index (κ2) is 4.90. The Bertz CT molecular complexity index is 481. The maximum Gasteiger partial charge on any atom is 0.0457 e. The number of benzene rings is 1. The molecule has 0 saturated carbocycles. The van der Waals surface area contributed by atoms with Gasteiger partial charge in [0, 0.05) is 36.7 Å². The molecule has 0 unspecified atom stereocenters. The molecular formula is C14H19N3. The molecule has 0 amide bonds. The van der Waals surface area contributed by atoms with Crippen molar-refractivity contribution in [3.63, 3.8) is 0 Å². The molecule has 1 aromatic heterocycles. The predicted molar refractivity (Wildman–Crippen MR) is 71.1 cm³/mol. The molecule has 1 saturated heterocycles. The number of para-hydroxylation sites is 1. The second-order valence-electron chi connectivity index (χ2n) is 4.74. The van der Waals surface area contributed by atoms with Gasteiger partial charge in [0.2, 0.25) is 0 Å². The van der Waals surface area contributed by atoms with E-state index in [-0.39, 0.29) is 0 Å². The molecule has 1 fully saturated rings.